The molecular weight excluding hydrogens is 209 g/mol. The van der Waals surface area contributed by atoms with E-state index in [4.69, 9.17) is 29.7 Å². The number of carbonyl (C=O) groups is 3. The van der Waals surface area contributed by atoms with Crippen LogP contribution in [0, 0.1) is 0 Å². The Morgan fingerprint density at radius 2 is 1.07 bits per heavy atom. The zero-order valence-corrected chi connectivity index (χ0v) is 8.97. The molecule has 0 aromatic heterocycles. The number of carbonyl (C=O) groups excluding carboxylic acids is 3. The van der Waals surface area contributed by atoms with Gasteiger partial charge in [0.2, 0.25) is 0 Å². The second kappa shape index (κ2) is 17.9. The molecule has 0 aromatic carbocycles. The Balaban J connectivity index is -0.0000000522. The van der Waals surface area contributed by atoms with Crippen molar-refractivity contribution in [3.8, 4) is 0 Å². The van der Waals surface area contributed by atoms with Crippen molar-refractivity contribution in [3.05, 3.63) is 0 Å². The molecule has 0 saturated heterocycles. The van der Waals surface area contributed by atoms with Gasteiger partial charge in [-0.1, -0.05) is 0 Å². The Labute approximate surface area is 91.7 Å². The van der Waals surface area contributed by atoms with E-state index in [9.17, 15) is 0 Å². The van der Waals surface area contributed by atoms with E-state index < -0.39 is 17.9 Å². The molecule has 0 fully saturated rings. The maximum Gasteiger partial charge on any atom is 3.00 e. The number of aliphatic carboxylic acids is 3. The molecule has 0 radical (unpaired) electrons. The zero-order valence-electron chi connectivity index (χ0n) is 7.81. The van der Waals surface area contributed by atoms with Crippen LogP contribution in [0.3, 0.4) is 0 Å². The third-order valence-electron chi connectivity index (χ3n) is 0.167. The van der Waals surface area contributed by atoms with E-state index >= 15 is 0 Å². The summed E-state index contributed by atoms with van der Waals surface area (Å²) in [5.41, 5.74) is 4.51. The van der Waals surface area contributed by atoms with Gasteiger partial charge in [-0.15, -0.1) is 0 Å². The SMILES string of the molecule is CC(=O)[O-].CC(=O)[O-].NCC(=O)[O-].[Al+3]. The van der Waals surface area contributed by atoms with Crippen molar-refractivity contribution < 1.29 is 29.7 Å². The molecule has 0 heterocycles. The van der Waals surface area contributed by atoms with Crippen molar-refractivity contribution in [2.75, 3.05) is 6.54 Å². The van der Waals surface area contributed by atoms with Gasteiger partial charge < -0.3 is 35.4 Å². The number of carboxylic acid groups (broad SMARTS) is 3. The van der Waals surface area contributed by atoms with Crippen molar-refractivity contribution in [1.29, 1.82) is 0 Å². The predicted octanol–water partition coefficient (Wildman–Crippen LogP) is -5.17. The number of carboxylic acids is 3. The van der Waals surface area contributed by atoms with E-state index in [0.717, 1.165) is 13.8 Å². The molecule has 0 bridgehead atoms. The van der Waals surface area contributed by atoms with Crippen LogP contribution >= 0.6 is 0 Å². The van der Waals surface area contributed by atoms with Crippen LogP contribution in [0.25, 0.3) is 0 Å². The summed E-state index contributed by atoms with van der Waals surface area (Å²) in [7, 11) is 0. The van der Waals surface area contributed by atoms with Crippen molar-refractivity contribution in [3.63, 3.8) is 0 Å². The van der Waals surface area contributed by atoms with Crippen LogP contribution in [0.4, 0.5) is 0 Å². The summed E-state index contributed by atoms with van der Waals surface area (Å²) in [5.74, 6) is -3.38. The zero-order chi connectivity index (χ0) is 11.4. The molecule has 78 valence electrons. The molecule has 14 heavy (non-hydrogen) atoms. The molecule has 0 unspecified atom stereocenters. The summed E-state index contributed by atoms with van der Waals surface area (Å²) in [6, 6.07) is 0. The Bertz CT molecular complexity index is 152. The van der Waals surface area contributed by atoms with Crippen molar-refractivity contribution >= 4 is 35.3 Å². The quantitative estimate of drug-likeness (QED) is 0.433. The molecule has 0 aromatic rings. The van der Waals surface area contributed by atoms with E-state index in [1.165, 1.54) is 0 Å². The third-order valence-corrected chi connectivity index (χ3v) is 0.167. The fourth-order valence-electron chi connectivity index (χ4n) is 0. The van der Waals surface area contributed by atoms with Crippen LogP contribution in [0.5, 0.6) is 0 Å². The van der Waals surface area contributed by atoms with Gasteiger partial charge in [0.1, 0.15) is 0 Å². The van der Waals surface area contributed by atoms with E-state index in [-0.39, 0.29) is 23.9 Å². The second-order valence-corrected chi connectivity index (χ2v) is 1.56. The van der Waals surface area contributed by atoms with E-state index in [1.807, 2.05) is 0 Å². The van der Waals surface area contributed by atoms with Gasteiger partial charge in [0.15, 0.2) is 0 Å². The predicted molar refractivity (Wildman–Crippen MR) is 41.2 cm³/mol. The molecular formula is C6H10AlNO6. The molecule has 2 N–H and O–H groups in total. The maximum absolute atomic E-state index is 9.13. The molecule has 8 heteroatoms. The summed E-state index contributed by atoms with van der Waals surface area (Å²) < 4.78 is 0. The molecule has 7 nitrogen and oxygen atoms in total. The first kappa shape index (κ1) is 23.1. The van der Waals surface area contributed by atoms with Crippen LogP contribution in [0.2, 0.25) is 0 Å². The van der Waals surface area contributed by atoms with Gasteiger partial charge in [-0.05, 0) is 13.8 Å². The van der Waals surface area contributed by atoms with E-state index in [2.05, 4.69) is 5.73 Å². The first-order chi connectivity index (χ1) is 5.73. The van der Waals surface area contributed by atoms with E-state index in [1.54, 1.807) is 0 Å². The molecule has 0 aliphatic carbocycles. The topological polar surface area (TPSA) is 146 Å². The summed E-state index contributed by atoms with van der Waals surface area (Å²) in [4.78, 5) is 26.9. The fourth-order valence-corrected chi connectivity index (χ4v) is 0. The van der Waals surface area contributed by atoms with Gasteiger partial charge in [0.05, 0.1) is 5.97 Å². The minimum atomic E-state index is -1.22. The number of rotatable bonds is 1. The van der Waals surface area contributed by atoms with Crippen molar-refractivity contribution in [2.45, 2.75) is 13.8 Å². The molecule has 0 aliphatic rings. The van der Waals surface area contributed by atoms with E-state index in [0.29, 0.717) is 0 Å². The minimum Gasteiger partial charge on any atom is -0.550 e. The molecule has 0 rings (SSSR count). The fraction of sp³-hybridized carbons (Fsp3) is 0.500. The van der Waals surface area contributed by atoms with Gasteiger partial charge in [-0.3, -0.25) is 0 Å². The summed E-state index contributed by atoms with van der Waals surface area (Å²) in [5, 5.41) is 26.9. The van der Waals surface area contributed by atoms with Crippen LogP contribution in [0.1, 0.15) is 13.8 Å². The number of hydrogen-bond donors (Lipinski definition) is 1. The number of nitrogens with two attached hydrogens (primary N) is 1. The maximum atomic E-state index is 9.13. The van der Waals surface area contributed by atoms with Crippen LogP contribution in [-0.2, 0) is 14.4 Å². The standard InChI is InChI=1S/C2H5NO2.2C2H4O2.Al/c3-1-2(4)5;2*1-2(3)4;/h1,3H2,(H,4,5);2*1H3,(H,3,4);/q;;;+3/p-3. The second-order valence-electron chi connectivity index (χ2n) is 1.56. The average molecular weight is 219 g/mol. The van der Waals surface area contributed by atoms with Crippen molar-refractivity contribution in [2.24, 2.45) is 5.73 Å². The van der Waals surface area contributed by atoms with Gasteiger partial charge in [0.25, 0.3) is 0 Å². The normalized spacial score (nSPS) is 6.21. The Morgan fingerprint density at radius 1 is 1.00 bits per heavy atom. The van der Waals surface area contributed by atoms with Gasteiger partial charge in [-0.2, -0.15) is 0 Å². The molecule has 0 atom stereocenters. The van der Waals surface area contributed by atoms with Crippen LogP contribution in [0.15, 0.2) is 0 Å². The van der Waals surface area contributed by atoms with Crippen LogP contribution < -0.4 is 21.1 Å². The molecule has 0 saturated carbocycles. The minimum absolute atomic E-state index is 0. The Kier molecular flexibility index (Phi) is 29.4. The van der Waals surface area contributed by atoms with Crippen molar-refractivity contribution in [1.82, 2.24) is 0 Å². The third kappa shape index (κ3) is 1310. The Hall–Kier alpha value is -1.10. The largest absolute Gasteiger partial charge is 3.00 e. The summed E-state index contributed by atoms with van der Waals surface area (Å²) >= 11 is 0. The molecule has 0 aliphatic heterocycles. The summed E-state index contributed by atoms with van der Waals surface area (Å²) in [6.45, 7) is 1.56. The van der Waals surface area contributed by atoms with Crippen LogP contribution in [-0.4, -0.2) is 41.8 Å². The first-order valence-corrected chi connectivity index (χ1v) is 2.99. The summed E-state index contributed by atoms with van der Waals surface area (Å²) in [6.07, 6.45) is 0. The van der Waals surface area contributed by atoms with Gasteiger partial charge in [0, 0.05) is 18.5 Å². The van der Waals surface area contributed by atoms with Gasteiger partial charge >= 0.3 is 17.4 Å². The molecule has 0 spiro atoms. The number of hydrogen-bond acceptors (Lipinski definition) is 7. The van der Waals surface area contributed by atoms with Gasteiger partial charge in [-0.25, -0.2) is 0 Å². The average Bonchev–Trinajstić information content (AvgIpc) is 1.84. The smallest absolute Gasteiger partial charge is 0.550 e. The monoisotopic (exact) mass is 219 g/mol. The first-order valence-electron chi connectivity index (χ1n) is 2.99. The molecule has 0 amide bonds. The Morgan fingerprint density at radius 3 is 1.07 bits per heavy atom.